The van der Waals surface area contributed by atoms with Gasteiger partial charge in [-0.25, -0.2) is 9.97 Å². The van der Waals surface area contributed by atoms with Gasteiger partial charge in [0.2, 0.25) is 0 Å². The molecule has 0 spiro atoms. The Bertz CT molecular complexity index is 794. The molecule has 2 saturated heterocycles. The molecule has 2 fully saturated rings. The fourth-order valence-corrected chi connectivity index (χ4v) is 5.48. The van der Waals surface area contributed by atoms with Crippen LogP contribution in [0.2, 0.25) is 0 Å². The summed E-state index contributed by atoms with van der Waals surface area (Å²) in [5, 5.41) is 14.0. The Labute approximate surface area is 172 Å². The highest BCUT2D eigenvalue weighted by atomic mass is 32.1. The van der Waals surface area contributed by atoms with E-state index in [4.69, 9.17) is 15.1 Å². The molecule has 6 nitrogen and oxygen atoms in total. The summed E-state index contributed by atoms with van der Waals surface area (Å²) in [6.07, 6.45) is 4.95. The largest absolute Gasteiger partial charge is 0.395 e. The van der Waals surface area contributed by atoms with Crippen LogP contribution in [-0.2, 0) is 6.54 Å². The molecule has 0 radical (unpaired) electrons. The van der Waals surface area contributed by atoms with Crippen molar-refractivity contribution in [1.82, 2.24) is 19.8 Å². The minimum Gasteiger partial charge on any atom is -0.395 e. The maximum atomic E-state index is 9.12. The van der Waals surface area contributed by atoms with Crippen molar-refractivity contribution in [2.24, 2.45) is 5.92 Å². The molecular formula is C21H33N5OS. The summed E-state index contributed by atoms with van der Waals surface area (Å²) < 4.78 is 0. The highest BCUT2D eigenvalue weighted by Crippen LogP contribution is 2.34. The van der Waals surface area contributed by atoms with Gasteiger partial charge in [0, 0.05) is 18.0 Å². The van der Waals surface area contributed by atoms with Gasteiger partial charge in [0.25, 0.3) is 0 Å². The number of likely N-dealkylation sites (tertiary alicyclic amines) is 2. The Balaban J connectivity index is 1.48. The number of hydrogen-bond acceptors (Lipinski definition) is 7. The first-order valence-corrected chi connectivity index (χ1v) is 11.5. The first-order valence-electron chi connectivity index (χ1n) is 10.7. The zero-order valence-corrected chi connectivity index (χ0v) is 18.0. The number of fused-ring (bicyclic) bond motifs is 1. The van der Waals surface area contributed by atoms with Crippen LogP contribution in [0.5, 0.6) is 0 Å². The number of nitrogens with zero attached hydrogens (tertiary/aromatic N) is 4. The SMILES string of the molecule is Cc1sc2nc(CN3CCCC3)nc(NCC3CCN(CCO)CC3)c2c1C. The van der Waals surface area contributed by atoms with Gasteiger partial charge in [-0.05, 0) is 77.2 Å². The van der Waals surface area contributed by atoms with E-state index >= 15 is 0 Å². The number of aromatic nitrogens is 2. The lowest BCUT2D eigenvalue weighted by Crippen LogP contribution is -2.37. The lowest BCUT2D eigenvalue weighted by atomic mass is 9.97. The van der Waals surface area contributed by atoms with Crippen molar-refractivity contribution < 1.29 is 5.11 Å². The highest BCUT2D eigenvalue weighted by Gasteiger charge is 2.21. The molecule has 2 N–H and O–H groups in total. The number of aliphatic hydroxyl groups excluding tert-OH is 1. The normalized spacial score (nSPS) is 19.7. The van der Waals surface area contributed by atoms with E-state index in [1.54, 1.807) is 11.3 Å². The molecule has 2 aromatic heterocycles. The number of thiophene rings is 1. The lowest BCUT2D eigenvalue weighted by molar-refractivity contribution is 0.151. The predicted octanol–water partition coefficient (Wildman–Crippen LogP) is 3.02. The summed E-state index contributed by atoms with van der Waals surface area (Å²) in [5.41, 5.74) is 1.31. The monoisotopic (exact) mass is 403 g/mol. The Hall–Kier alpha value is -1.28. The second kappa shape index (κ2) is 9.03. The Kier molecular flexibility index (Phi) is 6.45. The van der Waals surface area contributed by atoms with Crippen LogP contribution in [0.4, 0.5) is 5.82 Å². The zero-order chi connectivity index (χ0) is 19.5. The van der Waals surface area contributed by atoms with Crippen molar-refractivity contribution in [3.63, 3.8) is 0 Å². The van der Waals surface area contributed by atoms with Gasteiger partial charge in [-0.2, -0.15) is 0 Å². The van der Waals surface area contributed by atoms with Crippen molar-refractivity contribution in [2.45, 2.75) is 46.1 Å². The molecule has 28 heavy (non-hydrogen) atoms. The van der Waals surface area contributed by atoms with E-state index in [1.807, 2.05) is 0 Å². The van der Waals surface area contributed by atoms with Gasteiger partial charge in [0.05, 0.1) is 18.5 Å². The summed E-state index contributed by atoms with van der Waals surface area (Å²) in [6.45, 7) is 11.8. The van der Waals surface area contributed by atoms with Gasteiger partial charge in [-0.15, -0.1) is 11.3 Å². The summed E-state index contributed by atoms with van der Waals surface area (Å²) >= 11 is 1.79. The maximum absolute atomic E-state index is 9.12. The maximum Gasteiger partial charge on any atom is 0.146 e. The molecule has 2 aliphatic heterocycles. The van der Waals surface area contributed by atoms with Crippen LogP contribution in [0.25, 0.3) is 10.2 Å². The van der Waals surface area contributed by atoms with E-state index in [1.165, 1.54) is 54.6 Å². The number of nitrogens with one attached hydrogen (secondary N) is 1. The first-order chi connectivity index (χ1) is 13.6. The van der Waals surface area contributed by atoms with E-state index in [2.05, 4.69) is 29.0 Å². The number of aryl methyl sites for hydroxylation is 2. The van der Waals surface area contributed by atoms with Gasteiger partial charge < -0.3 is 15.3 Å². The minimum atomic E-state index is 0.262. The van der Waals surface area contributed by atoms with Crippen molar-refractivity contribution in [2.75, 3.05) is 51.2 Å². The quantitative estimate of drug-likeness (QED) is 0.741. The molecule has 0 bridgehead atoms. The molecule has 0 amide bonds. The summed E-state index contributed by atoms with van der Waals surface area (Å²) in [5.74, 6) is 2.65. The smallest absolute Gasteiger partial charge is 0.146 e. The van der Waals surface area contributed by atoms with Crippen molar-refractivity contribution in [1.29, 1.82) is 0 Å². The van der Waals surface area contributed by atoms with Gasteiger partial charge >= 0.3 is 0 Å². The molecule has 7 heteroatoms. The van der Waals surface area contributed by atoms with Crippen molar-refractivity contribution in [3.05, 3.63) is 16.3 Å². The highest BCUT2D eigenvalue weighted by molar-refractivity contribution is 7.18. The average Bonchev–Trinajstić information content (AvgIpc) is 3.29. The van der Waals surface area contributed by atoms with Crippen LogP contribution in [-0.4, -0.2) is 70.7 Å². The van der Waals surface area contributed by atoms with Crippen LogP contribution < -0.4 is 5.32 Å². The van der Waals surface area contributed by atoms with Crippen molar-refractivity contribution >= 4 is 27.4 Å². The van der Waals surface area contributed by atoms with E-state index < -0.39 is 0 Å². The Morgan fingerprint density at radius 2 is 1.82 bits per heavy atom. The average molecular weight is 404 g/mol. The van der Waals surface area contributed by atoms with Gasteiger partial charge in [0.15, 0.2) is 0 Å². The van der Waals surface area contributed by atoms with Crippen LogP contribution >= 0.6 is 11.3 Å². The molecular weight excluding hydrogens is 370 g/mol. The third kappa shape index (κ3) is 4.48. The Morgan fingerprint density at radius 1 is 1.07 bits per heavy atom. The molecule has 0 saturated carbocycles. The topological polar surface area (TPSA) is 64.5 Å². The number of anilines is 1. The summed E-state index contributed by atoms with van der Waals surface area (Å²) in [6, 6.07) is 0. The molecule has 4 rings (SSSR count). The second-order valence-electron chi connectivity index (χ2n) is 8.32. The van der Waals surface area contributed by atoms with Crippen LogP contribution in [0.3, 0.4) is 0 Å². The zero-order valence-electron chi connectivity index (χ0n) is 17.2. The summed E-state index contributed by atoms with van der Waals surface area (Å²) in [7, 11) is 0. The standard InChI is InChI=1S/C21H33N5OS/c1-15-16(2)28-21-19(15)20(23-18(24-21)14-26-7-3-4-8-26)22-13-17-5-9-25(10-6-17)11-12-27/h17,27H,3-14H2,1-2H3,(H,22,23,24). The number of β-amino-alcohol motifs (C(OH)–C–C–N with tert-alkyl or cyclic N) is 1. The van der Waals surface area contributed by atoms with Crippen molar-refractivity contribution in [3.8, 4) is 0 Å². The fourth-order valence-electron chi connectivity index (χ4n) is 4.43. The first kappa shape index (κ1) is 20.0. The molecule has 0 atom stereocenters. The summed E-state index contributed by atoms with van der Waals surface area (Å²) in [4.78, 5) is 17.2. The third-order valence-corrected chi connectivity index (χ3v) is 7.42. The van der Waals surface area contributed by atoms with Gasteiger partial charge in [-0.3, -0.25) is 4.90 Å². The number of hydrogen-bond donors (Lipinski definition) is 2. The van der Waals surface area contributed by atoms with E-state index in [0.29, 0.717) is 5.92 Å². The molecule has 2 aliphatic rings. The Morgan fingerprint density at radius 3 is 2.54 bits per heavy atom. The third-order valence-electron chi connectivity index (χ3n) is 6.32. The minimum absolute atomic E-state index is 0.262. The molecule has 154 valence electrons. The molecule has 0 unspecified atom stereocenters. The van der Waals surface area contributed by atoms with Gasteiger partial charge in [0.1, 0.15) is 16.5 Å². The van der Waals surface area contributed by atoms with Crippen LogP contribution in [0.1, 0.15) is 41.9 Å². The lowest BCUT2D eigenvalue weighted by Gasteiger charge is -2.31. The van der Waals surface area contributed by atoms with Gasteiger partial charge in [-0.1, -0.05) is 0 Å². The predicted molar refractivity (Wildman–Crippen MR) is 116 cm³/mol. The van der Waals surface area contributed by atoms with E-state index in [-0.39, 0.29) is 6.61 Å². The molecule has 2 aromatic rings. The number of piperidine rings is 1. The molecule has 0 aliphatic carbocycles. The van der Waals surface area contributed by atoms with E-state index in [9.17, 15) is 0 Å². The fraction of sp³-hybridized carbons (Fsp3) is 0.714. The van der Waals surface area contributed by atoms with E-state index in [0.717, 1.165) is 49.2 Å². The number of rotatable bonds is 7. The molecule has 0 aromatic carbocycles. The molecule has 4 heterocycles. The van der Waals surface area contributed by atoms with Crippen LogP contribution in [0.15, 0.2) is 0 Å². The van der Waals surface area contributed by atoms with Crippen LogP contribution in [0, 0.1) is 19.8 Å². The second-order valence-corrected chi connectivity index (χ2v) is 9.53. The number of aliphatic hydroxyl groups is 1.